The van der Waals surface area contributed by atoms with E-state index in [1.54, 1.807) is 0 Å². The highest BCUT2D eigenvalue weighted by Gasteiger charge is 2.14. The molecule has 8 heteroatoms. The van der Waals surface area contributed by atoms with Gasteiger partial charge in [-0.3, -0.25) is 10.1 Å². The molecule has 0 aliphatic carbocycles. The molecular weight excluding hydrogens is 342 g/mol. The lowest BCUT2D eigenvalue weighted by Gasteiger charge is -2.07. The Labute approximate surface area is 149 Å². The van der Waals surface area contributed by atoms with Gasteiger partial charge in [-0.1, -0.05) is 6.07 Å². The van der Waals surface area contributed by atoms with Crippen LogP contribution in [0.1, 0.15) is 27.6 Å². The predicted molar refractivity (Wildman–Crippen MR) is 91.3 cm³/mol. The Morgan fingerprint density at radius 1 is 1.00 bits per heavy atom. The number of esters is 2. The van der Waals surface area contributed by atoms with Crippen LogP contribution in [-0.2, 0) is 9.47 Å². The molecule has 0 unspecified atom stereocenters. The first-order valence-corrected chi connectivity index (χ1v) is 7.83. The van der Waals surface area contributed by atoms with Crippen molar-refractivity contribution >= 4 is 17.6 Å². The van der Waals surface area contributed by atoms with Crippen LogP contribution in [0.2, 0.25) is 0 Å². The molecule has 0 saturated carbocycles. The van der Waals surface area contributed by atoms with Crippen molar-refractivity contribution in [2.24, 2.45) is 0 Å². The fourth-order valence-electron chi connectivity index (χ4n) is 1.99. The van der Waals surface area contributed by atoms with E-state index in [1.165, 1.54) is 42.5 Å². The average Bonchev–Trinajstić information content (AvgIpc) is 2.65. The van der Waals surface area contributed by atoms with Gasteiger partial charge in [0.15, 0.2) is 0 Å². The number of ether oxygens (including phenoxy) is 3. The highest BCUT2D eigenvalue weighted by atomic mass is 16.6. The monoisotopic (exact) mass is 359 g/mol. The number of nitro groups is 1. The third kappa shape index (κ3) is 5.38. The van der Waals surface area contributed by atoms with E-state index in [1.807, 2.05) is 6.92 Å². The first-order valence-electron chi connectivity index (χ1n) is 7.83. The van der Waals surface area contributed by atoms with Gasteiger partial charge in [-0.05, 0) is 37.3 Å². The second kappa shape index (κ2) is 9.28. The molecule has 8 nitrogen and oxygen atoms in total. The van der Waals surface area contributed by atoms with Gasteiger partial charge < -0.3 is 14.2 Å². The van der Waals surface area contributed by atoms with E-state index in [2.05, 4.69) is 0 Å². The number of hydrogen-bond donors (Lipinski definition) is 0. The largest absolute Gasteiger partial charge is 0.460 e. The molecule has 0 heterocycles. The Kier molecular flexibility index (Phi) is 6.81. The van der Waals surface area contributed by atoms with E-state index in [0.29, 0.717) is 18.8 Å². The number of non-ortho nitro benzene ring substituents is 1. The summed E-state index contributed by atoms with van der Waals surface area (Å²) in [5.41, 5.74) is 0.153. The molecule has 2 aromatic rings. The zero-order valence-electron chi connectivity index (χ0n) is 14.0. The van der Waals surface area contributed by atoms with Gasteiger partial charge in [0.2, 0.25) is 0 Å². The number of carbonyl (C=O) groups excluding carboxylic acids is 2. The minimum absolute atomic E-state index is 0.0543. The molecule has 0 bridgehead atoms. The molecule has 136 valence electrons. The Morgan fingerprint density at radius 2 is 1.73 bits per heavy atom. The minimum Gasteiger partial charge on any atom is -0.460 e. The van der Waals surface area contributed by atoms with Crippen LogP contribution in [0.25, 0.3) is 0 Å². The maximum absolute atomic E-state index is 12.1. The Bertz CT molecular complexity index is 786. The van der Waals surface area contributed by atoms with Crippen LogP contribution < -0.4 is 4.74 Å². The van der Waals surface area contributed by atoms with Crippen molar-refractivity contribution in [2.75, 3.05) is 19.8 Å². The zero-order valence-corrected chi connectivity index (χ0v) is 14.0. The fraction of sp³-hybridized carbons (Fsp3) is 0.222. The number of carbonyl (C=O) groups is 2. The lowest BCUT2D eigenvalue weighted by atomic mass is 10.2. The van der Waals surface area contributed by atoms with Gasteiger partial charge in [-0.15, -0.1) is 0 Å². The molecule has 26 heavy (non-hydrogen) atoms. The average molecular weight is 359 g/mol. The smallest absolute Gasteiger partial charge is 0.343 e. The van der Waals surface area contributed by atoms with Crippen molar-refractivity contribution in [1.29, 1.82) is 0 Å². The van der Waals surface area contributed by atoms with Gasteiger partial charge >= 0.3 is 11.9 Å². The highest BCUT2D eigenvalue weighted by Crippen LogP contribution is 2.17. The Balaban J connectivity index is 1.96. The van der Waals surface area contributed by atoms with Crippen molar-refractivity contribution < 1.29 is 28.7 Å². The summed E-state index contributed by atoms with van der Waals surface area (Å²) in [5.74, 6) is -1.05. The summed E-state index contributed by atoms with van der Waals surface area (Å²) < 4.78 is 15.2. The number of rotatable bonds is 8. The predicted octanol–water partition coefficient (Wildman–Crippen LogP) is 3.01. The van der Waals surface area contributed by atoms with E-state index in [9.17, 15) is 19.7 Å². The van der Waals surface area contributed by atoms with Gasteiger partial charge in [0, 0.05) is 18.7 Å². The summed E-state index contributed by atoms with van der Waals surface area (Å²) in [6.07, 6.45) is 0. The molecule has 0 aromatic heterocycles. The molecule has 0 atom stereocenters. The quantitative estimate of drug-likeness (QED) is 0.234. The number of hydrogen-bond acceptors (Lipinski definition) is 7. The Morgan fingerprint density at radius 3 is 2.38 bits per heavy atom. The van der Waals surface area contributed by atoms with Crippen LogP contribution >= 0.6 is 0 Å². The molecule has 0 radical (unpaired) electrons. The highest BCUT2D eigenvalue weighted by molar-refractivity contribution is 5.92. The summed E-state index contributed by atoms with van der Waals surface area (Å²) >= 11 is 0. The molecule has 0 aliphatic heterocycles. The maximum atomic E-state index is 12.1. The summed E-state index contributed by atoms with van der Waals surface area (Å²) in [5, 5.41) is 10.7. The summed E-state index contributed by atoms with van der Waals surface area (Å²) in [7, 11) is 0. The molecule has 0 N–H and O–H groups in total. The summed E-state index contributed by atoms with van der Waals surface area (Å²) in [4.78, 5) is 34.0. The zero-order chi connectivity index (χ0) is 18.9. The van der Waals surface area contributed by atoms with Crippen molar-refractivity contribution in [3.8, 4) is 5.75 Å². The first kappa shape index (κ1) is 19.1. The maximum Gasteiger partial charge on any atom is 0.343 e. The number of nitrogens with zero attached hydrogens (tertiary/aromatic N) is 1. The van der Waals surface area contributed by atoms with Gasteiger partial charge in [0.1, 0.15) is 12.4 Å². The summed E-state index contributed by atoms with van der Waals surface area (Å²) in [6.45, 7) is 2.86. The lowest BCUT2D eigenvalue weighted by Crippen LogP contribution is -2.11. The van der Waals surface area contributed by atoms with E-state index in [0.717, 1.165) is 6.07 Å². The van der Waals surface area contributed by atoms with Gasteiger partial charge in [0.25, 0.3) is 5.69 Å². The standard InChI is InChI=1S/C18H17NO7/c1-2-24-10-11-25-17(20)13-6-8-16(9-7-13)26-18(21)14-4-3-5-15(12-14)19(22)23/h3-9,12H,2,10-11H2,1H3. The minimum atomic E-state index is -0.735. The van der Waals surface area contributed by atoms with E-state index >= 15 is 0 Å². The van der Waals surface area contributed by atoms with Crippen molar-refractivity contribution in [2.45, 2.75) is 6.92 Å². The van der Waals surface area contributed by atoms with Crippen molar-refractivity contribution in [3.05, 3.63) is 69.8 Å². The first-order chi connectivity index (χ1) is 12.5. The van der Waals surface area contributed by atoms with Gasteiger partial charge in [-0.2, -0.15) is 0 Å². The van der Waals surface area contributed by atoms with Crippen LogP contribution in [0.4, 0.5) is 5.69 Å². The normalized spacial score (nSPS) is 10.2. The lowest BCUT2D eigenvalue weighted by molar-refractivity contribution is -0.384. The second-order valence-corrected chi connectivity index (χ2v) is 5.05. The van der Waals surface area contributed by atoms with Gasteiger partial charge in [0.05, 0.1) is 22.7 Å². The third-order valence-electron chi connectivity index (χ3n) is 3.26. The van der Waals surface area contributed by atoms with E-state index < -0.39 is 16.9 Å². The molecule has 2 aromatic carbocycles. The Hall–Kier alpha value is -3.26. The molecule has 0 saturated heterocycles. The third-order valence-corrected chi connectivity index (χ3v) is 3.26. The van der Waals surface area contributed by atoms with Crippen molar-refractivity contribution in [1.82, 2.24) is 0 Å². The van der Waals surface area contributed by atoms with E-state index in [4.69, 9.17) is 14.2 Å². The molecule has 2 rings (SSSR count). The van der Waals surface area contributed by atoms with Crippen LogP contribution in [0.3, 0.4) is 0 Å². The molecular formula is C18H17NO7. The molecule has 0 aliphatic rings. The number of nitro benzene ring substituents is 1. The van der Waals surface area contributed by atoms with Crippen LogP contribution in [-0.4, -0.2) is 36.7 Å². The summed E-state index contributed by atoms with van der Waals surface area (Å²) in [6, 6.07) is 11.0. The molecule has 0 amide bonds. The van der Waals surface area contributed by atoms with Crippen LogP contribution in [0, 0.1) is 10.1 Å². The van der Waals surface area contributed by atoms with Crippen molar-refractivity contribution in [3.63, 3.8) is 0 Å². The topological polar surface area (TPSA) is 105 Å². The van der Waals surface area contributed by atoms with E-state index in [-0.39, 0.29) is 23.6 Å². The fourth-order valence-corrected chi connectivity index (χ4v) is 1.99. The molecule has 0 spiro atoms. The SMILES string of the molecule is CCOCCOC(=O)c1ccc(OC(=O)c2cccc([N+](=O)[O-])c2)cc1. The second-order valence-electron chi connectivity index (χ2n) is 5.05. The number of benzene rings is 2. The molecule has 0 fully saturated rings. The van der Waals surface area contributed by atoms with Gasteiger partial charge in [-0.25, -0.2) is 9.59 Å². The van der Waals surface area contributed by atoms with Crippen LogP contribution in [0.5, 0.6) is 5.75 Å². The van der Waals surface area contributed by atoms with Crippen LogP contribution in [0.15, 0.2) is 48.5 Å².